The van der Waals surface area contributed by atoms with Crippen molar-refractivity contribution in [3.63, 3.8) is 0 Å². The van der Waals surface area contributed by atoms with Gasteiger partial charge in [0.1, 0.15) is 6.29 Å². The fraction of sp³-hybridized carbons (Fsp3) is 0.100. The first-order valence-corrected chi connectivity index (χ1v) is 4.78. The molecule has 0 amide bonds. The number of benzene rings is 1. The second-order valence-electron chi connectivity index (χ2n) is 2.30. The van der Waals surface area contributed by atoms with Gasteiger partial charge < -0.3 is 4.79 Å². The first kappa shape index (κ1) is 10.3. The Morgan fingerprint density at radius 2 is 2.31 bits per heavy atom. The van der Waals surface area contributed by atoms with E-state index in [9.17, 15) is 4.79 Å². The Bertz CT molecular complexity index is 376. The number of rotatable bonds is 1. The van der Waals surface area contributed by atoms with Crippen molar-refractivity contribution in [1.29, 1.82) is 0 Å². The van der Waals surface area contributed by atoms with Crippen LogP contribution in [0.1, 0.15) is 12.0 Å². The van der Waals surface area contributed by atoms with E-state index in [2.05, 4.69) is 27.8 Å². The predicted molar refractivity (Wildman–Crippen MR) is 56.7 cm³/mol. The highest BCUT2D eigenvalue weighted by atomic mass is 79.9. The lowest BCUT2D eigenvalue weighted by atomic mass is 10.2. The van der Waals surface area contributed by atoms with Crippen molar-refractivity contribution in [1.82, 2.24) is 0 Å². The largest absolute Gasteiger partial charge is 0.302 e. The average Bonchev–Trinajstić information content (AvgIpc) is 2.11. The summed E-state index contributed by atoms with van der Waals surface area (Å²) in [4.78, 5) is 10.0. The minimum absolute atomic E-state index is 0.239. The van der Waals surface area contributed by atoms with Gasteiger partial charge in [0.05, 0.1) is 11.4 Å². The molecule has 0 aromatic heterocycles. The van der Waals surface area contributed by atoms with E-state index < -0.39 is 0 Å². The molecule has 1 aromatic rings. The van der Waals surface area contributed by atoms with Gasteiger partial charge in [0.2, 0.25) is 0 Å². The van der Waals surface area contributed by atoms with Crippen molar-refractivity contribution in [2.75, 3.05) is 0 Å². The lowest BCUT2D eigenvalue weighted by Gasteiger charge is -1.95. The Kier molecular flexibility index (Phi) is 4.01. The van der Waals surface area contributed by atoms with Crippen LogP contribution in [0.5, 0.6) is 0 Å². The lowest BCUT2D eigenvalue weighted by Crippen LogP contribution is -1.77. The Morgan fingerprint density at radius 3 is 3.00 bits per heavy atom. The molecule has 0 unspecified atom stereocenters. The van der Waals surface area contributed by atoms with E-state index >= 15 is 0 Å². The van der Waals surface area contributed by atoms with Crippen LogP contribution in [-0.2, 0) is 4.79 Å². The Balaban J connectivity index is 2.95. The summed E-state index contributed by atoms with van der Waals surface area (Å²) in [5.74, 6) is 5.51. The number of carbonyl (C=O) groups is 1. The highest BCUT2D eigenvalue weighted by Crippen LogP contribution is 2.19. The molecule has 13 heavy (non-hydrogen) atoms. The van der Waals surface area contributed by atoms with E-state index in [1.807, 2.05) is 12.1 Å². The van der Waals surface area contributed by atoms with Crippen molar-refractivity contribution < 1.29 is 4.79 Å². The molecule has 1 aromatic carbocycles. The topological polar surface area (TPSA) is 17.1 Å². The molecule has 0 spiro atoms. The molecule has 0 heterocycles. The summed E-state index contributed by atoms with van der Waals surface area (Å²) < 4.78 is 0.923. The summed E-state index contributed by atoms with van der Waals surface area (Å²) in [5, 5.41) is 0.599. The van der Waals surface area contributed by atoms with E-state index in [1.165, 1.54) is 0 Å². The fourth-order valence-corrected chi connectivity index (χ4v) is 1.31. The van der Waals surface area contributed by atoms with Crippen LogP contribution < -0.4 is 0 Å². The highest BCUT2D eigenvalue weighted by Gasteiger charge is 1.96. The van der Waals surface area contributed by atoms with E-state index in [0.29, 0.717) is 5.02 Å². The van der Waals surface area contributed by atoms with Crippen LogP contribution >= 0.6 is 27.5 Å². The van der Waals surface area contributed by atoms with Gasteiger partial charge in [0.25, 0.3) is 0 Å². The predicted octanol–water partition coefficient (Wildman–Crippen LogP) is 3.04. The van der Waals surface area contributed by atoms with Gasteiger partial charge in [-0.2, -0.15) is 0 Å². The van der Waals surface area contributed by atoms with E-state index in [-0.39, 0.29) is 6.42 Å². The van der Waals surface area contributed by atoms with Crippen molar-refractivity contribution >= 4 is 33.8 Å². The number of halogens is 2. The van der Waals surface area contributed by atoms with Crippen LogP contribution in [0, 0.1) is 11.8 Å². The normalized spacial score (nSPS) is 8.77. The Morgan fingerprint density at radius 1 is 1.54 bits per heavy atom. The molecule has 1 nitrogen and oxygen atoms in total. The number of carbonyl (C=O) groups excluding carboxylic acids is 1. The number of hydrogen-bond donors (Lipinski definition) is 0. The van der Waals surface area contributed by atoms with Crippen LogP contribution in [0.25, 0.3) is 0 Å². The molecule has 0 saturated carbocycles. The van der Waals surface area contributed by atoms with E-state index in [0.717, 1.165) is 16.3 Å². The Hall–Kier alpha value is -0.780. The van der Waals surface area contributed by atoms with Crippen molar-refractivity contribution in [3.05, 3.63) is 33.3 Å². The molecule has 0 radical (unpaired) electrons. The zero-order valence-corrected chi connectivity index (χ0v) is 9.02. The number of aldehydes is 1. The SMILES string of the molecule is O=CCC#Cc1cc(Br)ccc1Cl. The zero-order valence-electron chi connectivity index (χ0n) is 6.68. The maximum Gasteiger partial charge on any atom is 0.131 e. The summed E-state index contributed by atoms with van der Waals surface area (Å²) in [7, 11) is 0. The van der Waals surface area contributed by atoms with Crippen LogP contribution in [0.3, 0.4) is 0 Å². The third-order valence-electron chi connectivity index (χ3n) is 1.34. The van der Waals surface area contributed by atoms with Gasteiger partial charge in [0.15, 0.2) is 0 Å². The molecule has 0 N–H and O–H groups in total. The summed E-state index contributed by atoms with van der Waals surface area (Å²) in [6.45, 7) is 0. The van der Waals surface area contributed by atoms with Gasteiger partial charge in [-0.1, -0.05) is 39.4 Å². The van der Waals surface area contributed by atoms with Gasteiger partial charge >= 0.3 is 0 Å². The molecule has 0 fully saturated rings. The molecule has 0 aliphatic rings. The summed E-state index contributed by atoms with van der Waals surface area (Å²) in [6, 6.07) is 5.42. The first-order valence-electron chi connectivity index (χ1n) is 3.61. The Labute approximate surface area is 90.2 Å². The molecule has 0 aliphatic carbocycles. The van der Waals surface area contributed by atoms with E-state index in [4.69, 9.17) is 11.6 Å². The molecule has 0 atom stereocenters. The molecule has 3 heteroatoms. The minimum Gasteiger partial charge on any atom is -0.302 e. The molecule has 0 bridgehead atoms. The summed E-state index contributed by atoms with van der Waals surface area (Å²) in [5.41, 5.74) is 0.734. The minimum atomic E-state index is 0.239. The lowest BCUT2D eigenvalue weighted by molar-refractivity contribution is -0.107. The van der Waals surface area contributed by atoms with Gasteiger partial charge in [-0.25, -0.2) is 0 Å². The van der Waals surface area contributed by atoms with Crippen LogP contribution in [0.2, 0.25) is 5.02 Å². The molecular formula is C10H6BrClO. The summed E-state index contributed by atoms with van der Waals surface area (Å²) in [6.07, 6.45) is 1.00. The maximum absolute atomic E-state index is 10.0. The number of hydrogen-bond acceptors (Lipinski definition) is 1. The van der Waals surface area contributed by atoms with Crippen LogP contribution in [0.15, 0.2) is 22.7 Å². The fourth-order valence-electron chi connectivity index (χ4n) is 0.781. The zero-order chi connectivity index (χ0) is 9.68. The summed E-state index contributed by atoms with van der Waals surface area (Å²) >= 11 is 9.17. The molecule has 0 aliphatic heterocycles. The first-order chi connectivity index (χ1) is 6.24. The van der Waals surface area contributed by atoms with Gasteiger partial charge in [-0.05, 0) is 18.2 Å². The third-order valence-corrected chi connectivity index (χ3v) is 2.16. The van der Waals surface area contributed by atoms with Crippen molar-refractivity contribution in [3.8, 4) is 11.8 Å². The van der Waals surface area contributed by atoms with Crippen LogP contribution in [-0.4, -0.2) is 6.29 Å². The quantitative estimate of drug-likeness (QED) is 0.558. The van der Waals surface area contributed by atoms with Gasteiger partial charge in [-0.15, -0.1) is 0 Å². The molecule has 66 valence electrons. The second-order valence-corrected chi connectivity index (χ2v) is 3.62. The van der Waals surface area contributed by atoms with E-state index in [1.54, 1.807) is 6.07 Å². The van der Waals surface area contributed by atoms with Gasteiger partial charge in [-0.3, -0.25) is 0 Å². The van der Waals surface area contributed by atoms with Gasteiger partial charge in [0, 0.05) is 10.0 Å². The molecule has 0 saturated heterocycles. The van der Waals surface area contributed by atoms with Crippen LogP contribution in [0.4, 0.5) is 0 Å². The standard InChI is InChI=1S/C10H6BrClO/c11-9-4-5-10(12)8(7-9)3-1-2-6-13/h4-7H,2H2. The second kappa shape index (κ2) is 5.06. The maximum atomic E-state index is 10.0. The average molecular weight is 258 g/mol. The van der Waals surface area contributed by atoms with Crippen molar-refractivity contribution in [2.45, 2.75) is 6.42 Å². The monoisotopic (exact) mass is 256 g/mol. The smallest absolute Gasteiger partial charge is 0.131 e. The third kappa shape index (κ3) is 3.22. The highest BCUT2D eigenvalue weighted by molar-refractivity contribution is 9.10. The van der Waals surface area contributed by atoms with Crippen molar-refractivity contribution in [2.24, 2.45) is 0 Å². The molecule has 1 rings (SSSR count). The molecular weight excluding hydrogens is 251 g/mol.